The number of halogens is 1. The number of amides is 1. The lowest BCUT2D eigenvalue weighted by Gasteiger charge is -2.14. The molecule has 1 aromatic heterocycles. The van der Waals surface area contributed by atoms with Gasteiger partial charge in [0.2, 0.25) is 0 Å². The monoisotopic (exact) mass is 396 g/mol. The van der Waals surface area contributed by atoms with Crippen LogP contribution < -0.4 is 15.4 Å². The molecule has 0 radical (unpaired) electrons. The first-order chi connectivity index (χ1) is 13.4. The Kier molecular flexibility index (Phi) is 5.80. The lowest BCUT2D eigenvalue weighted by molar-refractivity contribution is 0.102. The third-order valence-electron chi connectivity index (χ3n) is 4.21. The van der Waals surface area contributed by atoms with E-state index in [-0.39, 0.29) is 11.6 Å². The number of hydrogen-bond acceptors (Lipinski definition) is 5. The molecule has 2 N–H and O–H groups in total. The highest BCUT2D eigenvalue weighted by molar-refractivity contribution is 6.31. The molecule has 0 saturated heterocycles. The van der Waals surface area contributed by atoms with Crippen molar-refractivity contribution in [2.75, 3.05) is 17.7 Å². The number of carbonyl (C=O) groups excluding carboxylic acids is 1. The van der Waals surface area contributed by atoms with Gasteiger partial charge in [0, 0.05) is 16.8 Å². The molecule has 7 heteroatoms. The summed E-state index contributed by atoms with van der Waals surface area (Å²) in [6, 6.07) is 12.7. The Morgan fingerprint density at radius 3 is 2.43 bits per heavy atom. The molecule has 0 unspecified atom stereocenters. The van der Waals surface area contributed by atoms with Gasteiger partial charge in [-0.2, -0.15) is 0 Å². The molecule has 28 heavy (non-hydrogen) atoms. The van der Waals surface area contributed by atoms with Gasteiger partial charge in [0.1, 0.15) is 23.1 Å². The van der Waals surface area contributed by atoms with Crippen LogP contribution in [-0.2, 0) is 0 Å². The number of carbonyl (C=O) groups is 1. The summed E-state index contributed by atoms with van der Waals surface area (Å²) in [5, 5.41) is 6.58. The first kappa shape index (κ1) is 19.6. The summed E-state index contributed by atoms with van der Waals surface area (Å²) in [6.45, 7) is 5.78. The summed E-state index contributed by atoms with van der Waals surface area (Å²) in [7, 11) is 1.53. The third kappa shape index (κ3) is 4.40. The molecular weight excluding hydrogens is 376 g/mol. The highest BCUT2D eigenvalue weighted by Crippen LogP contribution is 2.28. The quantitative estimate of drug-likeness (QED) is 0.630. The predicted molar refractivity (Wildman–Crippen MR) is 112 cm³/mol. The zero-order chi connectivity index (χ0) is 20.3. The topological polar surface area (TPSA) is 76.1 Å². The minimum Gasteiger partial charge on any atom is -0.495 e. The van der Waals surface area contributed by atoms with Crippen molar-refractivity contribution >= 4 is 34.7 Å². The van der Waals surface area contributed by atoms with Gasteiger partial charge >= 0.3 is 0 Å². The second kappa shape index (κ2) is 8.27. The number of aromatic nitrogens is 2. The molecule has 0 saturated carbocycles. The van der Waals surface area contributed by atoms with Gasteiger partial charge in [-0.15, -0.1) is 0 Å². The third-order valence-corrected chi connectivity index (χ3v) is 4.45. The highest BCUT2D eigenvalue weighted by Gasteiger charge is 2.14. The van der Waals surface area contributed by atoms with Gasteiger partial charge in [-0.1, -0.05) is 29.8 Å². The lowest BCUT2D eigenvalue weighted by atomic mass is 10.1. The molecule has 0 aliphatic rings. The van der Waals surface area contributed by atoms with E-state index in [9.17, 15) is 4.79 Å². The second-order valence-electron chi connectivity index (χ2n) is 6.38. The van der Waals surface area contributed by atoms with Crippen molar-refractivity contribution in [3.8, 4) is 5.75 Å². The summed E-state index contributed by atoms with van der Waals surface area (Å²) in [4.78, 5) is 21.4. The molecule has 0 aliphatic carbocycles. The Hall–Kier alpha value is -3.12. The van der Waals surface area contributed by atoms with Crippen LogP contribution in [-0.4, -0.2) is 23.0 Å². The number of methoxy groups -OCH3 is 1. The summed E-state index contributed by atoms with van der Waals surface area (Å²) in [6.07, 6.45) is 0. The number of ether oxygens (including phenoxy) is 1. The summed E-state index contributed by atoms with van der Waals surface area (Å²) < 4.78 is 5.27. The average Bonchev–Trinajstić information content (AvgIpc) is 2.64. The molecular formula is C21H21ClN4O2. The van der Waals surface area contributed by atoms with Crippen molar-refractivity contribution in [3.05, 3.63) is 70.1 Å². The molecule has 3 aromatic rings. The van der Waals surface area contributed by atoms with E-state index in [0.29, 0.717) is 28.1 Å². The number of para-hydroxylation sites is 1. The molecule has 0 fully saturated rings. The van der Waals surface area contributed by atoms with Crippen LogP contribution in [0, 0.1) is 20.8 Å². The first-order valence-corrected chi connectivity index (χ1v) is 9.09. The van der Waals surface area contributed by atoms with Crippen molar-refractivity contribution in [1.82, 2.24) is 9.97 Å². The summed E-state index contributed by atoms with van der Waals surface area (Å²) in [5.74, 6) is 1.17. The van der Waals surface area contributed by atoms with Crippen LogP contribution in [0.5, 0.6) is 5.75 Å². The van der Waals surface area contributed by atoms with Crippen LogP contribution in [0.1, 0.15) is 27.4 Å². The highest BCUT2D eigenvalue weighted by atomic mass is 35.5. The molecule has 0 atom stereocenters. The molecule has 144 valence electrons. The van der Waals surface area contributed by atoms with Crippen LogP contribution in [0.25, 0.3) is 0 Å². The fourth-order valence-electron chi connectivity index (χ4n) is 2.85. The minimum absolute atomic E-state index is 0.239. The van der Waals surface area contributed by atoms with E-state index >= 15 is 0 Å². The molecule has 6 nitrogen and oxygen atoms in total. The maximum atomic E-state index is 12.8. The van der Waals surface area contributed by atoms with Crippen molar-refractivity contribution in [2.24, 2.45) is 0 Å². The van der Waals surface area contributed by atoms with Crippen molar-refractivity contribution in [2.45, 2.75) is 20.8 Å². The molecule has 3 rings (SSSR count). The average molecular weight is 397 g/mol. The van der Waals surface area contributed by atoms with Crippen molar-refractivity contribution in [3.63, 3.8) is 0 Å². The van der Waals surface area contributed by atoms with Gasteiger partial charge in [0.05, 0.1) is 12.8 Å². The first-order valence-electron chi connectivity index (χ1n) is 8.71. The number of hydrogen-bond donors (Lipinski definition) is 2. The number of nitrogens with zero attached hydrogens (tertiary/aromatic N) is 2. The van der Waals surface area contributed by atoms with Gasteiger partial charge in [0.25, 0.3) is 5.91 Å². The number of anilines is 3. The van der Waals surface area contributed by atoms with E-state index in [0.717, 1.165) is 16.8 Å². The van der Waals surface area contributed by atoms with Gasteiger partial charge in [-0.3, -0.25) is 4.79 Å². The summed E-state index contributed by atoms with van der Waals surface area (Å²) >= 11 is 6.03. The van der Waals surface area contributed by atoms with E-state index < -0.39 is 0 Å². The summed E-state index contributed by atoms with van der Waals surface area (Å²) in [5.41, 5.74) is 3.85. The van der Waals surface area contributed by atoms with E-state index in [1.165, 1.54) is 7.11 Å². The minimum atomic E-state index is -0.379. The zero-order valence-electron chi connectivity index (χ0n) is 16.1. The molecule has 0 aliphatic heterocycles. The Morgan fingerprint density at radius 2 is 1.75 bits per heavy atom. The van der Waals surface area contributed by atoms with Crippen LogP contribution >= 0.6 is 11.6 Å². The Bertz CT molecular complexity index is 1020. The zero-order valence-corrected chi connectivity index (χ0v) is 16.9. The van der Waals surface area contributed by atoms with E-state index in [2.05, 4.69) is 20.6 Å². The van der Waals surface area contributed by atoms with Gasteiger partial charge in [0.15, 0.2) is 0 Å². The predicted octanol–water partition coefficient (Wildman–Crippen LogP) is 5.06. The molecule has 1 heterocycles. The number of aryl methyl sites for hydroxylation is 3. The second-order valence-corrected chi connectivity index (χ2v) is 6.81. The molecule has 1 amide bonds. The standard InChI is InChI=1S/C21H21ClN4O2/c1-12-6-5-7-13(2)20(12)26-19-11-17(23-14(3)24-19)21(27)25-16-10-15(22)8-9-18(16)28-4/h5-11H,1-4H3,(H,25,27)(H,23,24,26). The van der Waals surface area contributed by atoms with E-state index in [1.54, 1.807) is 31.2 Å². The van der Waals surface area contributed by atoms with Gasteiger partial charge < -0.3 is 15.4 Å². The van der Waals surface area contributed by atoms with Crippen molar-refractivity contribution < 1.29 is 9.53 Å². The Labute approximate surface area is 168 Å². The van der Waals surface area contributed by atoms with E-state index in [1.807, 2.05) is 32.0 Å². The van der Waals surface area contributed by atoms with Crippen LogP contribution in [0.15, 0.2) is 42.5 Å². The van der Waals surface area contributed by atoms with Gasteiger partial charge in [-0.25, -0.2) is 9.97 Å². The smallest absolute Gasteiger partial charge is 0.274 e. The number of rotatable bonds is 5. The van der Waals surface area contributed by atoms with Crippen molar-refractivity contribution in [1.29, 1.82) is 0 Å². The Morgan fingerprint density at radius 1 is 1.04 bits per heavy atom. The number of benzene rings is 2. The molecule has 0 bridgehead atoms. The SMILES string of the molecule is COc1ccc(Cl)cc1NC(=O)c1cc(Nc2c(C)cccc2C)nc(C)n1. The lowest BCUT2D eigenvalue weighted by Crippen LogP contribution is -2.16. The fourth-order valence-corrected chi connectivity index (χ4v) is 3.02. The van der Waals surface area contributed by atoms with E-state index in [4.69, 9.17) is 16.3 Å². The van der Waals surface area contributed by atoms with Crippen LogP contribution in [0.4, 0.5) is 17.2 Å². The fraction of sp³-hybridized carbons (Fsp3) is 0.190. The molecule has 2 aromatic carbocycles. The van der Waals surface area contributed by atoms with Gasteiger partial charge in [-0.05, 0) is 50.1 Å². The normalized spacial score (nSPS) is 10.5. The largest absolute Gasteiger partial charge is 0.495 e. The number of nitrogens with one attached hydrogen (secondary N) is 2. The van der Waals surface area contributed by atoms with Crippen LogP contribution in [0.3, 0.4) is 0 Å². The van der Waals surface area contributed by atoms with Crippen LogP contribution in [0.2, 0.25) is 5.02 Å². The Balaban J connectivity index is 1.89. The maximum absolute atomic E-state index is 12.8. The maximum Gasteiger partial charge on any atom is 0.274 e. The molecule has 0 spiro atoms.